The van der Waals surface area contributed by atoms with Crippen LogP contribution >= 0.6 is 23.2 Å². The molecule has 4 nitrogen and oxygen atoms in total. The molecule has 2 rings (SSSR count). The molecular formula is C14H12Cl2F3NO3. The first kappa shape index (κ1) is 18.0. The minimum atomic E-state index is -5.18. The second kappa shape index (κ2) is 7.07. The summed E-state index contributed by atoms with van der Waals surface area (Å²) in [4.78, 5) is 23.5. The molecule has 1 saturated heterocycles. The zero-order chi connectivity index (χ0) is 17.2. The van der Waals surface area contributed by atoms with Gasteiger partial charge in [0.2, 0.25) is 0 Å². The first-order valence-electron chi connectivity index (χ1n) is 6.73. The molecule has 1 fully saturated rings. The van der Waals surface area contributed by atoms with Crippen molar-refractivity contribution in [2.75, 3.05) is 13.1 Å². The van der Waals surface area contributed by atoms with E-state index in [1.165, 1.54) is 0 Å². The van der Waals surface area contributed by atoms with Crippen molar-refractivity contribution in [2.24, 2.45) is 5.92 Å². The van der Waals surface area contributed by atoms with E-state index < -0.39 is 23.7 Å². The largest absolute Gasteiger partial charge is 0.491 e. The second-order valence-electron chi connectivity index (χ2n) is 5.04. The number of Topliss-reactive ketones (excluding diaryl/α,β-unsaturated/α-hetero) is 1. The molecule has 1 aromatic rings. The Hall–Kier alpha value is -1.31. The molecule has 1 aliphatic heterocycles. The molecule has 0 amide bonds. The summed E-state index contributed by atoms with van der Waals surface area (Å²) in [6.45, 7) is 1.24. The average molecular weight is 370 g/mol. The molecule has 9 heteroatoms. The number of rotatable bonds is 3. The number of benzene rings is 1. The normalized spacial score (nSPS) is 16.2. The minimum absolute atomic E-state index is 0.00393. The van der Waals surface area contributed by atoms with Crippen LogP contribution in [0, 0.1) is 5.92 Å². The number of carbonyl (C=O) groups is 2. The molecule has 0 unspecified atom stereocenters. The molecule has 1 aromatic carbocycles. The van der Waals surface area contributed by atoms with Gasteiger partial charge in [0.05, 0.1) is 15.6 Å². The van der Waals surface area contributed by atoms with Gasteiger partial charge >= 0.3 is 12.1 Å². The fraction of sp³-hybridized carbons (Fsp3) is 0.429. The van der Waals surface area contributed by atoms with Crippen LogP contribution < -0.4 is 10.1 Å². The van der Waals surface area contributed by atoms with E-state index in [0.717, 1.165) is 12.1 Å². The molecular weight excluding hydrogens is 358 g/mol. The van der Waals surface area contributed by atoms with Gasteiger partial charge in [-0.1, -0.05) is 23.2 Å². The van der Waals surface area contributed by atoms with Crippen LogP contribution in [0.5, 0.6) is 5.75 Å². The SMILES string of the molecule is O=C(c1cc(Cl)c(Cl)cc1OC(=O)C(F)(F)F)C1CCNCC1. The Morgan fingerprint density at radius 2 is 1.70 bits per heavy atom. The maximum Gasteiger partial charge on any atom is 0.491 e. The number of hydrogen-bond donors (Lipinski definition) is 1. The molecule has 0 atom stereocenters. The summed E-state index contributed by atoms with van der Waals surface area (Å²) in [5, 5.41) is 2.96. The Balaban J connectivity index is 2.35. The molecule has 23 heavy (non-hydrogen) atoms. The van der Waals surface area contributed by atoms with E-state index in [1.54, 1.807) is 0 Å². The quantitative estimate of drug-likeness (QED) is 0.502. The maximum atomic E-state index is 12.5. The standard InChI is InChI=1S/C14H12Cl2F3NO3/c15-9-5-8(12(21)7-1-3-20-4-2-7)11(6-10(9)16)23-13(22)14(17,18)19/h5-7,20H,1-4H2. The Labute approximate surface area is 139 Å². The molecule has 0 aliphatic carbocycles. The molecule has 0 radical (unpaired) electrons. The molecule has 126 valence electrons. The summed E-state index contributed by atoms with van der Waals surface area (Å²) in [6.07, 6.45) is -4.11. The third-order valence-corrected chi connectivity index (χ3v) is 4.15. The molecule has 1 heterocycles. The first-order valence-corrected chi connectivity index (χ1v) is 7.48. The predicted octanol–water partition coefficient (Wildman–Crippen LogP) is 3.64. The third-order valence-electron chi connectivity index (χ3n) is 3.43. The highest BCUT2D eigenvalue weighted by molar-refractivity contribution is 6.42. The molecule has 0 aromatic heterocycles. The fourth-order valence-corrected chi connectivity index (χ4v) is 2.58. The number of alkyl halides is 3. The van der Waals surface area contributed by atoms with Crippen molar-refractivity contribution in [3.8, 4) is 5.75 Å². The minimum Gasteiger partial charge on any atom is -0.419 e. The molecule has 1 aliphatic rings. The zero-order valence-electron chi connectivity index (χ0n) is 11.7. The highest BCUT2D eigenvalue weighted by Crippen LogP contribution is 2.34. The predicted molar refractivity (Wildman–Crippen MR) is 78.1 cm³/mol. The lowest BCUT2D eigenvalue weighted by molar-refractivity contribution is -0.189. The monoisotopic (exact) mass is 369 g/mol. The number of ketones is 1. The number of nitrogens with one attached hydrogen (secondary N) is 1. The second-order valence-corrected chi connectivity index (χ2v) is 5.85. The summed E-state index contributed by atoms with van der Waals surface area (Å²) in [5.74, 6) is -3.76. The van der Waals surface area contributed by atoms with E-state index in [1.807, 2.05) is 0 Å². The summed E-state index contributed by atoms with van der Waals surface area (Å²) >= 11 is 11.6. The maximum absolute atomic E-state index is 12.5. The van der Waals surface area contributed by atoms with Crippen molar-refractivity contribution in [1.29, 1.82) is 0 Å². The van der Waals surface area contributed by atoms with Crippen LogP contribution in [0.1, 0.15) is 23.2 Å². The van der Waals surface area contributed by atoms with E-state index in [2.05, 4.69) is 10.1 Å². The molecule has 0 spiro atoms. The Morgan fingerprint density at radius 1 is 1.13 bits per heavy atom. The zero-order valence-corrected chi connectivity index (χ0v) is 13.2. The topological polar surface area (TPSA) is 55.4 Å². The van der Waals surface area contributed by atoms with E-state index in [-0.39, 0.29) is 21.5 Å². The lowest BCUT2D eigenvalue weighted by Crippen LogP contribution is -2.32. The molecule has 1 N–H and O–H groups in total. The Kier molecular flexibility index (Phi) is 5.54. The van der Waals surface area contributed by atoms with Crippen molar-refractivity contribution in [3.05, 3.63) is 27.7 Å². The van der Waals surface area contributed by atoms with Crippen LogP contribution in [0.3, 0.4) is 0 Å². The van der Waals surface area contributed by atoms with Crippen molar-refractivity contribution in [3.63, 3.8) is 0 Å². The number of ether oxygens (including phenoxy) is 1. The van der Waals surface area contributed by atoms with E-state index in [0.29, 0.717) is 25.9 Å². The number of halogens is 5. The van der Waals surface area contributed by atoms with Crippen molar-refractivity contribution >= 4 is 35.0 Å². The van der Waals surface area contributed by atoms with Crippen LogP contribution in [0.25, 0.3) is 0 Å². The summed E-state index contributed by atoms with van der Waals surface area (Å²) in [5.41, 5.74) is -0.177. The molecule has 0 bridgehead atoms. The van der Waals surface area contributed by atoms with Gasteiger partial charge in [0.25, 0.3) is 0 Å². The lowest BCUT2D eigenvalue weighted by atomic mass is 9.89. The first-order chi connectivity index (χ1) is 10.7. The van der Waals surface area contributed by atoms with Gasteiger partial charge in [-0.25, -0.2) is 4.79 Å². The van der Waals surface area contributed by atoms with Gasteiger partial charge in [-0.2, -0.15) is 13.2 Å². The summed E-state index contributed by atoms with van der Waals surface area (Å²) in [7, 11) is 0. The van der Waals surface area contributed by atoms with Crippen molar-refractivity contribution in [2.45, 2.75) is 19.0 Å². The van der Waals surface area contributed by atoms with Crippen LogP contribution in [0.2, 0.25) is 10.0 Å². The van der Waals surface area contributed by atoms with Gasteiger partial charge in [-0.3, -0.25) is 4.79 Å². The van der Waals surface area contributed by atoms with Gasteiger partial charge in [0.15, 0.2) is 5.78 Å². The number of piperidine rings is 1. The highest BCUT2D eigenvalue weighted by Gasteiger charge is 2.42. The smallest absolute Gasteiger partial charge is 0.419 e. The van der Waals surface area contributed by atoms with E-state index >= 15 is 0 Å². The highest BCUT2D eigenvalue weighted by atomic mass is 35.5. The van der Waals surface area contributed by atoms with Gasteiger partial charge in [0, 0.05) is 12.0 Å². The number of hydrogen-bond acceptors (Lipinski definition) is 4. The third kappa shape index (κ3) is 4.37. The summed E-state index contributed by atoms with van der Waals surface area (Å²) < 4.78 is 41.4. The van der Waals surface area contributed by atoms with Gasteiger partial charge in [-0.05, 0) is 32.0 Å². The van der Waals surface area contributed by atoms with Crippen molar-refractivity contribution < 1.29 is 27.5 Å². The number of esters is 1. The van der Waals surface area contributed by atoms with Gasteiger partial charge < -0.3 is 10.1 Å². The lowest BCUT2D eigenvalue weighted by Gasteiger charge is -2.22. The molecule has 0 saturated carbocycles. The van der Waals surface area contributed by atoms with Gasteiger partial charge in [0.1, 0.15) is 5.75 Å². The van der Waals surface area contributed by atoms with Crippen LogP contribution in [0.15, 0.2) is 12.1 Å². The van der Waals surface area contributed by atoms with E-state index in [4.69, 9.17) is 23.2 Å². The van der Waals surface area contributed by atoms with Gasteiger partial charge in [-0.15, -0.1) is 0 Å². The van der Waals surface area contributed by atoms with Crippen LogP contribution in [-0.2, 0) is 4.79 Å². The number of carbonyl (C=O) groups excluding carboxylic acids is 2. The Morgan fingerprint density at radius 3 is 2.26 bits per heavy atom. The van der Waals surface area contributed by atoms with E-state index in [9.17, 15) is 22.8 Å². The Bertz CT molecular complexity index is 628. The van der Waals surface area contributed by atoms with Crippen LogP contribution in [0.4, 0.5) is 13.2 Å². The summed E-state index contributed by atoms with van der Waals surface area (Å²) in [6, 6.07) is 2.08. The average Bonchev–Trinajstić information content (AvgIpc) is 2.50. The van der Waals surface area contributed by atoms with Crippen LogP contribution in [-0.4, -0.2) is 31.0 Å². The van der Waals surface area contributed by atoms with Crippen molar-refractivity contribution in [1.82, 2.24) is 5.32 Å². The fourth-order valence-electron chi connectivity index (χ4n) is 2.27.